The molecule has 5 heterocycles. The molecular formula is C21H21N7. The van der Waals surface area contributed by atoms with E-state index in [0.717, 1.165) is 46.6 Å². The third-order valence-electron chi connectivity index (χ3n) is 6.24. The minimum absolute atomic E-state index is 0.528. The molecule has 0 saturated carbocycles. The van der Waals surface area contributed by atoms with Crippen LogP contribution in [-0.4, -0.2) is 56.5 Å². The van der Waals surface area contributed by atoms with Gasteiger partial charge < -0.3 is 15.0 Å². The van der Waals surface area contributed by atoms with Crippen LogP contribution in [0.25, 0.3) is 27.7 Å². The van der Waals surface area contributed by atoms with Gasteiger partial charge >= 0.3 is 0 Å². The van der Waals surface area contributed by atoms with Crippen molar-refractivity contribution in [3.05, 3.63) is 49.1 Å². The molecular weight excluding hydrogens is 350 g/mol. The molecule has 140 valence electrons. The molecule has 0 radical (unpaired) electrons. The summed E-state index contributed by atoms with van der Waals surface area (Å²) >= 11 is 0. The number of imidazole rings is 1. The van der Waals surface area contributed by atoms with Crippen molar-refractivity contribution in [2.75, 3.05) is 30.8 Å². The average molecular weight is 371 g/mol. The molecule has 0 aliphatic carbocycles. The number of nitrogens with two attached hydrogens (primary N) is 1. The van der Waals surface area contributed by atoms with Crippen LogP contribution in [0, 0.1) is 0 Å². The lowest BCUT2D eigenvalue weighted by Gasteiger charge is -2.32. The summed E-state index contributed by atoms with van der Waals surface area (Å²) in [6, 6.07) is 9.35. The molecule has 4 aromatic rings. The predicted octanol–water partition coefficient (Wildman–Crippen LogP) is 2.42. The molecule has 2 bridgehead atoms. The maximum atomic E-state index is 6.07. The molecule has 6 rings (SSSR count). The number of hydrogen-bond acceptors (Lipinski definition) is 6. The Balaban J connectivity index is 1.45. The van der Waals surface area contributed by atoms with Crippen molar-refractivity contribution in [3.63, 3.8) is 0 Å². The van der Waals surface area contributed by atoms with Crippen molar-refractivity contribution in [2.24, 2.45) is 0 Å². The number of likely N-dealkylation sites (tertiary alicyclic amines) is 1. The fourth-order valence-electron chi connectivity index (χ4n) is 4.72. The summed E-state index contributed by atoms with van der Waals surface area (Å²) in [5, 5.41) is 2.04. The van der Waals surface area contributed by atoms with Crippen molar-refractivity contribution >= 4 is 28.1 Å². The van der Waals surface area contributed by atoms with Crippen molar-refractivity contribution in [3.8, 4) is 11.3 Å². The summed E-state index contributed by atoms with van der Waals surface area (Å²) in [7, 11) is 2.21. The highest BCUT2D eigenvalue weighted by Gasteiger charge is 2.42. The van der Waals surface area contributed by atoms with E-state index in [4.69, 9.17) is 15.7 Å². The largest absolute Gasteiger partial charge is 0.383 e. The SMILES string of the molecule is CN1CC2CC1CN2c1nccn2cc(-c3ccc4ccnc(N)c4c3)nc12. The number of rotatable bonds is 2. The Morgan fingerprint density at radius 3 is 2.82 bits per heavy atom. The molecule has 28 heavy (non-hydrogen) atoms. The summed E-state index contributed by atoms with van der Waals surface area (Å²) in [5.74, 6) is 1.53. The first-order valence-corrected chi connectivity index (χ1v) is 9.62. The number of anilines is 2. The van der Waals surface area contributed by atoms with E-state index in [1.807, 2.05) is 18.5 Å². The van der Waals surface area contributed by atoms with E-state index >= 15 is 0 Å². The van der Waals surface area contributed by atoms with E-state index in [9.17, 15) is 0 Å². The Bertz CT molecular complexity index is 1210. The lowest BCUT2D eigenvalue weighted by atomic mass is 10.1. The number of nitrogen functional groups attached to an aromatic ring is 1. The van der Waals surface area contributed by atoms with Crippen molar-refractivity contribution in [2.45, 2.75) is 18.5 Å². The zero-order chi connectivity index (χ0) is 18.8. The van der Waals surface area contributed by atoms with Gasteiger partial charge in [0.25, 0.3) is 0 Å². The maximum absolute atomic E-state index is 6.07. The van der Waals surface area contributed by atoms with Crippen LogP contribution in [0.5, 0.6) is 0 Å². The normalized spacial score (nSPS) is 22.0. The summed E-state index contributed by atoms with van der Waals surface area (Å²) in [4.78, 5) is 18.7. The molecule has 1 aromatic carbocycles. The first kappa shape index (κ1) is 15.8. The van der Waals surface area contributed by atoms with E-state index in [1.165, 1.54) is 6.42 Å². The van der Waals surface area contributed by atoms with Gasteiger partial charge in [0.15, 0.2) is 11.5 Å². The van der Waals surface area contributed by atoms with Crippen LogP contribution < -0.4 is 10.6 Å². The molecule has 2 N–H and O–H groups in total. The Morgan fingerprint density at radius 1 is 1.07 bits per heavy atom. The molecule has 2 aliphatic rings. The second-order valence-electron chi connectivity index (χ2n) is 7.88. The summed E-state index contributed by atoms with van der Waals surface area (Å²) in [6.07, 6.45) is 8.85. The Morgan fingerprint density at radius 2 is 2.00 bits per heavy atom. The number of nitrogens with zero attached hydrogens (tertiary/aromatic N) is 6. The number of likely N-dealkylation sites (N-methyl/N-ethyl adjacent to an activating group) is 1. The Kier molecular flexibility index (Phi) is 3.20. The molecule has 2 saturated heterocycles. The Hall–Kier alpha value is -3.19. The lowest BCUT2D eigenvalue weighted by molar-refractivity contribution is 0.292. The Labute approximate surface area is 162 Å². The molecule has 7 nitrogen and oxygen atoms in total. The van der Waals surface area contributed by atoms with Gasteiger partial charge in [-0.1, -0.05) is 12.1 Å². The zero-order valence-electron chi connectivity index (χ0n) is 15.7. The number of pyridine rings is 1. The van der Waals surface area contributed by atoms with Gasteiger partial charge in [0, 0.05) is 60.9 Å². The van der Waals surface area contributed by atoms with Crippen molar-refractivity contribution in [1.29, 1.82) is 0 Å². The van der Waals surface area contributed by atoms with E-state index in [0.29, 0.717) is 17.9 Å². The van der Waals surface area contributed by atoms with Crippen LogP contribution in [0.15, 0.2) is 49.1 Å². The van der Waals surface area contributed by atoms with Gasteiger partial charge in [-0.2, -0.15) is 0 Å². The van der Waals surface area contributed by atoms with Gasteiger partial charge in [0.1, 0.15) is 5.82 Å². The number of aromatic nitrogens is 4. The minimum Gasteiger partial charge on any atom is -0.383 e. The van der Waals surface area contributed by atoms with Crippen molar-refractivity contribution < 1.29 is 0 Å². The number of fused-ring (bicyclic) bond motifs is 4. The zero-order valence-corrected chi connectivity index (χ0v) is 15.7. The number of benzene rings is 1. The highest BCUT2D eigenvalue weighted by Crippen LogP contribution is 2.35. The van der Waals surface area contributed by atoms with Gasteiger partial charge in [-0.3, -0.25) is 4.90 Å². The third kappa shape index (κ3) is 2.23. The van der Waals surface area contributed by atoms with Gasteiger partial charge in [0.2, 0.25) is 0 Å². The average Bonchev–Trinajstić information content (AvgIpc) is 3.41. The number of piperazine rings is 1. The fraction of sp³-hybridized carbons (Fsp3) is 0.286. The second kappa shape index (κ2) is 5.65. The molecule has 2 unspecified atom stereocenters. The molecule has 0 amide bonds. The topological polar surface area (TPSA) is 75.6 Å². The standard InChI is InChI=1S/C21H21N7/c1-26-10-16-9-15(26)11-28(16)20-21-25-18(12-27(21)7-6-24-20)14-3-2-13-4-5-23-19(22)17(13)8-14/h2-8,12,15-16H,9-11H2,1H3,(H2,22,23). The fourth-order valence-corrected chi connectivity index (χ4v) is 4.72. The molecule has 7 heteroatoms. The van der Waals surface area contributed by atoms with Crippen LogP contribution in [0.3, 0.4) is 0 Å². The van der Waals surface area contributed by atoms with Crippen LogP contribution in [0.1, 0.15) is 6.42 Å². The van der Waals surface area contributed by atoms with Crippen LogP contribution in [-0.2, 0) is 0 Å². The second-order valence-corrected chi connectivity index (χ2v) is 7.88. The van der Waals surface area contributed by atoms with Crippen LogP contribution >= 0.6 is 0 Å². The highest BCUT2D eigenvalue weighted by atomic mass is 15.4. The van der Waals surface area contributed by atoms with Crippen LogP contribution in [0.2, 0.25) is 0 Å². The molecule has 2 atom stereocenters. The molecule has 2 aliphatic heterocycles. The summed E-state index contributed by atoms with van der Waals surface area (Å²) < 4.78 is 2.07. The molecule has 3 aromatic heterocycles. The summed E-state index contributed by atoms with van der Waals surface area (Å²) in [6.45, 7) is 2.12. The monoisotopic (exact) mass is 371 g/mol. The minimum atomic E-state index is 0.528. The summed E-state index contributed by atoms with van der Waals surface area (Å²) in [5.41, 5.74) is 8.93. The van der Waals surface area contributed by atoms with Crippen molar-refractivity contribution in [1.82, 2.24) is 24.3 Å². The van der Waals surface area contributed by atoms with Crippen LogP contribution in [0.4, 0.5) is 11.6 Å². The van der Waals surface area contributed by atoms with Gasteiger partial charge in [0.05, 0.1) is 5.69 Å². The van der Waals surface area contributed by atoms with Gasteiger partial charge in [-0.25, -0.2) is 15.0 Å². The van der Waals surface area contributed by atoms with E-state index in [2.05, 4.69) is 50.6 Å². The van der Waals surface area contributed by atoms with E-state index < -0.39 is 0 Å². The predicted molar refractivity (Wildman–Crippen MR) is 110 cm³/mol. The quantitative estimate of drug-likeness (QED) is 0.583. The third-order valence-corrected chi connectivity index (χ3v) is 6.24. The molecule has 2 fully saturated rings. The number of hydrogen-bond donors (Lipinski definition) is 1. The first-order valence-electron chi connectivity index (χ1n) is 9.62. The van der Waals surface area contributed by atoms with E-state index in [-0.39, 0.29) is 0 Å². The lowest BCUT2D eigenvalue weighted by Crippen LogP contribution is -2.45. The van der Waals surface area contributed by atoms with E-state index in [1.54, 1.807) is 6.20 Å². The van der Waals surface area contributed by atoms with Gasteiger partial charge in [-0.05, 0) is 31.0 Å². The first-order chi connectivity index (χ1) is 13.7. The maximum Gasteiger partial charge on any atom is 0.180 e. The molecule has 0 spiro atoms. The highest BCUT2D eigenvalue weighted by molar-refractivity contribution is 5.94. The van der Waals surface area contributed by atoms with Gasteiger partial charge in [-0.15, -0.1) is 0 Å². The smallest absolute Gasteiger partial charge is 0.180 e.